The first kappa shape index (κ1) is 13.2. The van der Waals surface area contributed by atoms with Gasteiger partial charge >= 0.3 is 0 Å². The molecule has 0 saturated carbocycles. The molecule has 0 fully saturated rings. The summed E-state index contributed by atoms with van der Waals surface area (Å²) in [4.78, 5) is 11.4. The van der Waals surface area contributed by atoms with E-state index < -0.39 is 11.7 Å². The van der Waals surface area contributed by atoms with E-state index in [0.29, 0.717) is 17.1 Å². The Morgan fingerprint density at radius 3 is 2.63 bits per heavy atom. The van der Waals surface area contributed by atoms with Gasteiger partial charge in [0.15, 0.2) is 0 Å². The summed E-state index contributed by atoms with van der Waals surface area (Å²) in [6.07, 6.45) is 0. The normalized spacial score (nSPS) is 10.2. The molecule has 2 aromatic carbocycles. The first-order valence-electron chi connectivity index (χ1n) is 5.39. The van der Waals surface area contributed by atoms with Gasteiger partial charge in [-0.25, -0.2) is 4.39 Å². The highest BCUT2D eigenvalue weighted by Crippen LogP contribution is 2.31. The van der Waals surface area contributed by atoms with Crippen molar-refractivity contribution in [3.8, 4) is 0 Å². The fourth-order valence-electron chi connectivity index (χ4n) is 1.66. The van der Waals surface area contributed by atoms with E-state index in [4.69, 9.17) is 23.1 Å². The van der Waals surface area contributed by atoms with Crippen LogP contribution >= 0.6 is 11.6 Å². The number of amides is 1. The van der Waals surface area contributed by atoms with Crippen LogP contribution in [0.4, 0.5) is 21.5 Å². The van der Waals surface area contributed by atoms with Gasteiger partial charge in [0.2, 0.25) is 0 Å². The van der Waals surface area contributed by atoms with Gasteiger partial charge in [0.25, 0.3) is 5.91 Å². The van der Waals surface area contributed by atoms with E-state index in [2.05, 4.69) is 5.32 Å². The Kier molecular flexibility index (Phi) is 3.57. The smallest absolute Gasteiger partial charge is 0.250 e. The van der Waals surface area contributed by atoms with Gasteiger partial charge in [-0.15, -0.1) is 0 Å². The first-order valence-corrected chi connectivity index (χ1v) is 5.76. The van der Waals surface area contributed by atoms with E-state index in [-0.39, 0.29) is 10.6 Å². The molecule has 0 aliphatic carbocycles. The third kappa shape index (κ3) is 2.95. The number of halogens is 2. The predicted octanol–water partition coefficient (Wildman–Crippen LogP) is 2.90. The number of benzene rings is 2. The number of nitrogen functional groups attached to an aromatic ring is 1. The van der Waals surface area contributed by atoms with Crippen molar-refractivity contribution < 1.29 is 9.18 Å². The van der Waals surface area contributed by atoms with E-state index in [9.17, 15) is 9.18 Å². The molecule has 5 N–H and O–H groups in total. The van der Waals surface area contributed by atoms with E-state index in [1.54, 1.807) is 6.07 Å². The second-order valence-corrected chi connectivity index (χ2v) is 4.33. The number of carbonyl (C=O) groups is 1. The lowest BCUT2D eigenvalue weighted by Gasteiger charge is -2.13. The molecule has 2 aromatic rings. The van der Waals surface area contributed by atoms with Gasteiger partial charge in [0.05, 0.1) is 16.3 Å². The van der Waals surface area contributed by atoms with Crippen molar-refractivity contribution in [3.05, 3.63) is 52.8 Å². The maximum atomic E-state index is 13.1. The molecule has 2 rings (SSSR count). The van der Waals surface area contributed by atoms with Gasteiger partial charge < -0.3 is 16.8 Å². The Labute approximate surface area is 114 Å². The highest BCUT2D eigenvalue weighted by molar-refractivity contribution is 6.34. The van der Waals surface area contributed by atoms with Crippen LogP contribution in [0.2, 0.25) is 5.02 Å². The summed E-state index contributed by atoms with van der Waals surface area (Å²) in [5, 5.41) is 3.10. The Hall–Kier alpha value is -2.27. The topological polar surface area (TPSA) is 81.1 Å². The quantitative estimate of drug-likeness (QED) is 0.756. The number of rotatable bonds is 3. The van der Waals surface area contributed by atoms with Crippen molar-refractivity contribution in [1.29, 1.82) is 0 Å². The van der Waals surface area contributed by atoms with Crippen molar-refractivity contribution in [2.75, 3.05) is 11.1 Å². The van der Waals surface area contributed by atoms with Gasteiger partial charge in [-0.2, -0.15) is 0 Å². The average Bonchev–Trinajstić information content (AvgIpc) is 2.32. The average molecular weight is 280 g/mol. The van der Waals surface area contributed by atoms with Crippen molar-refractivity contribution in [1.82, 2.24) is 0 Å². The van der Waals surface area contributed by atoms with Crippen LogP contribution in [0, 0.1) is 5.82 Å². The monoisotopic (exact) mass is 279 g/mol. The maximum Gasteiger partial charge on any atom is 0.250 e. The lowest BCUT2D eigenvalue weighted by atomic mass is 10.1. The second-order valence-electron chi connectivity index (χ2n) is 3.92. The molecule has 1 amide bonds. The van der Waals surface area contributed by atoms with Gasteiger partial charge in [-0.3, -0.25) is 4.79 Å². The maximum absolute atomic E-state index is 13.1. The molecule has 0 heterocycles. The zero-order valence-electron chi connectivity index (χ0n) is 9.78. The largest absolute Gasteiger partial charge is 0.399 e. The molecule has 98 valence electrons. The first-order chi connectivity index (χ1) is 8.97. The zero-order chi connectivity index (χ0) is 14.0. The van der Waals surface area contributed by atoms with Crippen LogP contribution in [-0.4, -0.2) is 5.91 Å². The molecule has 0 bridgehead atoms. The van der Waals surface area contributed by atoms with Crippen molar-refractivity contribution in [2.24, 2.45) is 5.73 Å². The predicted molar refractivity (Wildman–Crippen MR) is 74.1 cm³/mol. The van der Waals surface area contributed by atoms with Crippen LogP contribution in [-0.2, 0) is 0 Å². The van der Waals surface area contributed by atoms with E-state index in [1.165, 1.54) is 30.3 Å². The minimum absolute atomic E-state index is 0.147. The van der Waals surface area contributed by atoms with Gasteiger partial charge in [-0.1, -0.05) is 17.7 Å². The fraction of sp³-hybridized carbons (Fsp3) is 0. The highest BCUT2D eigenvalue weighted by atomic mass is 35.5. The van der Waals surface area contributed by atoms with Gasteiger partial charge in [0, 0.05) is 11.4 Å². The number of primary amides is 1. The summed E-state index contributed by atoms with van der Waals surface area (Å²) in [5.41, 5.74) is 12.1. The molecule has 0 atom stereocenters. The molecule has 0 aliphatic heterocycles. The zero-order valence-corrected chi connectivity index (χ0v) is 10.5. The summed E-state index contributed by atoms with van der Waals surface area (Å²) in [5.74, 6) is -1.08. The Bertz CT molecular complexity index is 646. The Balaban J connectivity index is 2.47. The van der Waals surface area contributed by atoms with Crippen LogP contribution in [0.1, 0.15) is 10.4 Å². The van der Waals surface area contributed by atoms with Crippen LogP contribution in [0.25, 0.3) is 0 Å². The summed E-state index contributed by atoms with van der Waals surface area (Å²) in [6, 6.07) is 8.65. The van der Waals surface area contributed by atoms with Gasteiger partial charge in [0.1, 0.15) is 5.82 Å². The minimum Gasteiger partial charge on any atom is -0.399 e. The summed E-state index contributed by atoms with van der Waals surface area (Å²) < 4.78 is 13.1. The Morgan fingerprint density at radius 1 is 1.26 bits per heavy atom. The van der Waals surface area contributed by atoms with Crippen molar-refractivity contribution >= 4 is 34.6 Å². The van der Waals surface area contributed by atoms with E-state index in [0.717, 1.165) is 0 Å². The highest BCUT2D eigenvalue weighted by Gasteiger charge is 2.13. The molecule has 0 unspecified atom stereocenters. The van der Waals surface area contributed by atoms with Crippen LogP contribution in [0.5, 0.6) is 0 Å². The molecular formula is C13H11ClFN3O. The molecule has 0 saturated heterocycles. The van der Waals surface area contributed by atoms with Crippen molar-refractivity contribution in [3.63, 3.8) is 0 Å². The standard InChI is InChI=1S/C13H11ClFN3O/c14-11-6-8(16)5-10(13(17)19)12(11)18-9-3-1-2-7(15)4-9/h1-6,18H,16H2,(H2,17,19). The number of nitrogens with two attached hydrogens (primary N) is 2. The summed E-state index contributed by atoms with van der Waals surface area (Å²) >= 11 is 6.02. The minimum atomic E-state index is -0.673. The third-order valence-electron chi connectivity index (χ3n) is 2.47. The lowest BCUT2D eigenvalue weighted by molar-refractivity contribution is 0.100. The number of hydrogen-bond donors (Lipinski definition) is 3. The molecule has 19 heavy (non-hydrogen) atoms. The Morgan fingerprint density at radius 2 is 2.00 bits per heavy atom. The van der Waals surface area contributed by atoms with E-state index >= 15 is 0 Å². The third-order valence-corrected chi connectivity index (χ3v) is 2.77. The SMILES string of the molecule is NC(=O)c1cc(N)cc(Cl)c1Nc1cccc(F)c1. The van der Waals surface area contributed by atoms with Crippen LogP contribution in [0.3, 0.4) is 0 Å². The lowest BCUT2D eigenvalue weighted by Crippen LogP contribution is -2.14. The number of carbonyl (C=O) groups excluding carboxylic acids is 1. The van der Waals surface area contributed by atoms with Crippen LogP contribution in [0.15, 0.2) is 36.4 Å². The molecule has 0 aliphatic rings. The molecule has 0 radical (unpaired) electrons. The van der Waals surface area contributed by atoms with Crippen molar-refractivity contribution in [2.45, 2.75) is 0 Å². The number of anilines is 3. The molecule has 0 spiro atoms. The molecule has 0 aromatic heterocycles. The molecule has 6 heteroatoms. The number of hydrogen-bond acceptors (Lipinski definition) is 3. The van der Waals surface area contributed by atoms with Gasteiger partial charge in [-0.05, 0) is 30.3 Å². The number of nitrogens with one attached hydrogen (secondary N) is 1. The molecular weight excluding hydrogens is 269 g/mol. The second kappa shape index (κ2) is 5.16. The van der Waals surface area contributed by atoms with E-state index in [1.807, 2.05) is 0 Å². The fourth-order valence-corrected chi connectivity index (χ4v) is 1.93. The van der Waals surface area contributed by atoms with Crippen LogP contribution < -0.4 is 16.8 Å². The summed E-state index contributed by atoms with van der Waals surface area (Å²) in [7, 11) is 0. The molecule has 4 nitrogen and oxygen atoms in total. The summed E-state index contributed by atoms with van der Waals surface area (Å²) in [6.45, 7) is 0.